The highest BCUT2D eigenvalue weighted by atomic mass is 19.2. The summed E-state index contributed by atoms with van der Waals surface area (Å²) >= 11 is 0. The van der Waals surface area contributed by atoms with E-state index < -0.39 is 11.6 Å². The van der Waals surface area contributed by atoms with E-state index >= 15 is 0 Å². The second kappa shape index (κ2) is 4.74. The molecule has 0 aliphatic carbocycles. The summed E-state index contributed by atoms with van der Waals surface area (Å²) in [6.45, 7) is 0.751. The lowest BCUT2D eigenvalue weighted by Crippen LogP contribution is -2.27. The fraction of sp³-hybridized carbons (Fsp3) is 0.250. The zero-order chi connectivity index (χ0) is 9.68. The summed E-state index contributed by atoms with van der Waals surface area (Å²) in [5.74, 6) is 3.47. The van der Waals surface area contributed by atoms with Crippen molar-refractivity contribution in [2.24, 2.45) is 5.84 Å². The first-order valence-corrected chi connectivity index (χ1v) is 3.75. The Morgan fingerprint density at radius 3 is 2.69 bits per heavy atom. The Bertz CT molecular complexity index is 281. The van der Waals surface area contributed by atoms with Crippen LogP contribution in [-0.4, -0.2) is 13.2 Å². The third kappa shape index (κ3) is 2.96. The van der Waals surface area contributed by atoms with Gasteiger partial charge in [0.25, 0.3) is 0 Å². The molecule has 72 valence electrons. The predicted octanol–water partition coefficient (Wildman–Crippen LogP) is 0.807. The van der Waals surface area contributed by atoms with Crippen molar-refractivity contribution in [3.63, 3.8) is 0 Å². The van der Waals surface area contributed by atoms with Gasteiger partial charge in [-0.05, 0) is 12.1 Å². The SMILES string of the molecule is NNCCOc1ccc(F)c(F)c1. The van der Waals surface area contributed by atoms with Crippen LogP contribution in [-0.2, 0) is 0 Å². The number of rotatable bonds is 4. The molecule has 1 rings (SSSR count). The molecule has 0 saturated heterocycles. The van der Waals surface area contributed by atoms with Gasteiger partial charge in [-0.2, -0.15) is 0 Å². The van der Waals surface area contributed by atoms with Gasteiger partial charge in [0, 0.05) is 12.6 Å². The largest absolute Gasteiger partial charge is 0.492 e. The maximum Gasteiger partial charge on any atom is 0.162 e. The minimum atomic E-state index is -0.918. The lowest BCUT2D eigenvalue weighted by molar-refractivity contribution is 0.312. The van der Waals surface area contributed by atoms with Crippen molar-refractivity contribution in [1.29, 1.82) is 0 Å². The molecule has 1 aromatic rings. The lowest BCUT2D eigenvalue weighted by Gasteiger charge is -2.05. The molecule has 0 radical (unpaired) electrons. The van der Waals surface area contributed by atoms with Crippen molar-refractivity contribution in [3.8, 4) is 5.75 Å². The van der Waals surface area contributed by atoms with E-state index in [2.05, 4.69) is 5.43 Å². The molecule has 0 saturated carbocycles. The van der Waals surface area contributed by atoms with Crippen LogP contribution < -0.4 is 16.0 Å². The Morgan fingerprint density at radius 2 is 2.08 bits per heavy atom. The second-order valence-corrected chi connectivity index (χ2v) is 2.38. The number of hydrogen-bond acceptors (Lipinski definition) is 3. The summed E-state index contributed by atoms with van der Waals surface area (Å²) in [6.07, 6.45) is 0. The van der Waals surface area contributed by atoms with Crippen LogP contribution in [0.3, 0.4) is 0 Å². The summed E-state index contributed by atoms with van der Waals surface area (Å²) in [5, 5.41) is 0. The van der Waals surface area contributed by atoms with Crippen molar-refractivity contribution < 1.29 is 13.5 Å². The molecule has 0 aromatic heterocycles. The zero-order valence-corrected chi connectivity index (χ0v) is 6.89. The van der Waals surface area contributed by atoms with E-state index in [1.807, 2.05) is 0 Å². The molecule has 0 amide bonds. The maximum atomic E-state index is 12.6. The van der Waals surface area contributed by atoms with Crippen LogP contribution in [0.5, 0.6) is 5.75 Å². The van der Waals surface area contributed by atoms with Crippen LogP contribution in [0.25, 0.3) is 0 Å². The highest BCUT2D eigenvalue weighted by molar-refractivity contribution is 5.23. The van der Waals surface area contributed by atoms with Gasteiger partial charge in [-0.25, -0.2) is 8.78 Å². The van der Waals surface area contributed by atoms with Crippen molar-refractivity contribution >= 4 is 0 Å². The van der Waals surface area contributed by atoms with Gasteiger partial charge in [0.15, 0.2) is 11.6 Å². The van der Waals surface area contributed by atoms with E-state index in [0.29, 0.717) is 13.2 Å². The zero-order valence-electron chi connectivity index (χ0n) is 6.89. The standard InChI is InChI=1S/C8H10F2N2O/c9-7-2-1-6(5-8(7)10)13-4-3-12-11/h1-2,5,12H,3-4,11H2. The second-order valence-electron chi connectivity index (χ2n) is 2.38. The Labute approximate surface area is 74.5 Å². The van der Waals surface area contributed by atoms with Crippen LogP contribution >= 0.6 is 0 Å². The predicted molar refractivity (Wildman–Crippen MR) is 44.0 cm³/mol. The quantitative estimate of drug-likeness (QED) is 0.417. The van der Waals surface area contributed by atoms with Crippen molar-refractivity contribution in [2.75, 3.05) is 13.2 Å². The molecular weight excluding hydrogens is 178 g/mol. The van der Waals surface area contributed by atoms with E-state index in [4.69, 9.17) is 10.6 Å². The highest BCUT2D eigenvalue weighted by Gasteiger charge is 2.02. The number of hydrazine groups is 1. The van der Waals surface area contributed by atoms with E-state index in [1.54, 1.807) is 0 Å². The summed E-state index contributed by atoms with van der Waals surface area (Å²) in [5.41, 5.74) is 2.37. The van der Waals surface area contributed by atoms with Gasteiger partial charge in [-0.15, -0.1) is 0 Å². The van der Waals surface area contributed by atoms with Gasteiger partial charge in [-0.3, -0.25) is 11.3 Å². The van der Waals surface area contributed by atoms with Gasteiger partial charge in [0.1, 0.15) is 12.4 Å². The topological polar surface area (TPSA) is 47.3 Å². The van der Waals surface area contributed by atoms with Crippen molar-refractivity contribution in [2.45, 2.75) is 0 Å². The van der Waals surface area contributed by atoms with E-state index in [1.165, 1.54) is 6.07 Å². The van der Waals surface area contributed by atoms with Gasteiger partial charge in [0.05, 0.1) is 0 Å². The Morgan fingerprint density at radius 1 is 1.31 bits per heavy atom. The first-order chi connectivity index (χ1) is 6.24. The van der Waals surface area contributed by atoms with Gasteiger partial charge in [-0.1, -0.05) is 0 Å². The fourth-order valence-electron chi connectivity index (χ4n) is 0.794. The molecule has 0 unspecified atom stereocenters. The molecule has 3 nitrogen and oxygen atoms in total. The van der Waals surface area contributed by atoms with Gasteiger partial charge in [0.2, 0.25) is 0 Å². The normalized spacial score (nSPS) is 10.1. The third-order valence-corrected chi connectivity index (χ3v) is 1.41. The average Bonchev–Trinajstić information content (AvgIpc) is 2.12. The Hall–Kier alpha value is -1.20. The summed E-state index contributed by atoms with van der Waals surface area (Å²) < 4.78 is 30.1. The highest BCUT2D eigenvalue weighted by Crippen LogP contribution is 2.14. The van der Waals surface area contributed by atoms with Crippen molar-refractivity contribution in [1.82, 2.24) is 5.43 Å². The van der Waals surface area contributed by atoms with Crippen LogP contribution in [0.1, 0.15) is 0 Å². The number of halogens is 2. The first kappa shape index (κ1) is 9.88. The van der Waals surface area contributed by atoms with Crippen LogP contribution in [0.15, 0.2) is 18.2 Å². The summed E-state index contributed by atoms with van der Waals surface area (Å²) in [4.78, 5) is 0. The van der Waals surface area contributed by atoms with E-state index in [9.17, 15) is 8.78 Å². The van der Waals surface area contributed by atoms with Crippen molar-refractivity contribution in [3.05, 3.63) is 29.8 Å². The molecule has 0 spiro atoms. The fourth-order valence-corrected chi connectivity index (χ4v) is 0.794. The molecule has 0 fully saturated rings. The van der Waals surface area contributed by atoms with Crippen LogP contribution in [0.2, 0.25) is 0 Å². The monoisotopic (exact) mass is 188 g/mol. The molecule has 0 aliphatic rings. The molecule has 0 heterocycles. The maximum absolute atomic E-state index is 12.6. The smallest absolute Gasteiger partial charge is 0.162 e. The van der Waals surface area contributed by atoms with E-state index in [-0.39, 0.29) is 5.75 Å². The molecule has 0 aliphatic heterocycles. The van der Waals surface area contributed by atoms with Crippen LogP contribution in [0, 0.1) is 11.6 Å². The van der Waals surface area contributed by atoms with Gasteiger partial charge >= 0.3 is 0 Å². The molecule has 13 heavy (non-hydrogen) atoms. The number of nitrogens with one attached hydrogen (secondary N) is 1. The molecular formula is C8H10F2N2O. The molecule has 3 N–H and O–H groups in total. The lowest BCUT2D eigenvalue weighted by atomic mass is 10.3. The Kier molecular flexibility index (Phi) is 3.60. The number of nitrogens with two attached hydrogens (primary N) is 1. The average molecular weight is 188 g/mol. The molecule has 0 atom stereocenters. The minimum absolute atomic E-state index is 0.286. The number of benzene rings is 1. The van der Waals surface area contributed by atoms with Crippen LogP contribution in [0.4, 0.5) is 8.78 Å². The third-order valence-electron chi connectivity index (χ3n) is 1.41. The first-order valence-electron chi connectivity index (χ1n) is 3.75. The minimum Gasteiger partial charge on any atom is -0.492 e. The summed E-state index contributed by atoms with van der Waals surface area (Å²) in [6, 6.07) is 3.36. The van der Waals surface area contributed by atoms with E-state index in [0.717, 1.165) is 12.1 Å². The summed E-state index contributed by atoms with van der Waals surface area (Å²) in [7, 11) is 0. The molecule has 1 aromatic carbocycles. The molecule has 5 heteroatoms. The number of hydrogen-bond donors (Lipinski definition) is 2. The van der Waals surface area contributed by atoms with Gasteiger partial charge < -0.3 is 4.74 Å². The Balaban J connectivity index is 2.53. The molecule has 0 bridgehead atoms. The number of ether oxygens (including phenoxy) is 1.